The predicted molar refractivity (Wildman–Crippen MR) is 67.0 cm³/mol. The lowest BCUT2D eigenvalue weighted by atomic mass is 10.1. The molecule has 0 spiro atoms. The van der Waals surface area contributed by atoms with Crippen LogP contribution in [-0.2, 0) is 24.4 Å². The number of halogens is 3. The van der Waals surface area contributed by atoms with E-state index in [1.54, 1.807) is 19.3 Å². The molecule has 0 radical (unpaired) electrons. The van der Waals surface area contributed by atoms with E-state index in [0.717, 1.165) is 12.1 Å². The van der Waals surface area contributed by atoms with Crippen LogP contribution in [0.3, 0.4) is 0 Å². The zero-order chi connectivity index (χ0) is 14.8. The number of rotatable bonds is 3. The molecule has 0 atom stereocenters. The Morgan fingerprint density at radius 3 is 2.40 bits per heavy atom. The summed E-state index contributed by atoms with van der Waals surface area (Å²) >= 11 is 0. The van der Waals surface area contributed by atoms with Crippen LogP contribution in [0.15, 0.2) is 36.5 Å². The Hall–Kier alpha value is -2.31. The highest BCUT2D eigenvalue weighted by Crippen LogP contribution is 2.29. The molecule has 4 nitrogen and oxygen atoms in total. The molecule has 106 valence electrons. The van der Waals surface area contributed by atoms with Crippen molar-refractivity contribution in [3.05, 3.63) is 47.7 Å². The maximum absolute atomic E-state index is 12.4. The van der Waals surface area contributed by atoms with E-state index in [0.29, 0.717) is 11.4 Å². The molecule has 2 aromatic rings. The van der Waals surface area contributed by atoms with Crippen molar-refractivity contribution in [2.45, 2.75) is 12.6 Å². The molecule has 0 bridgehead atoms. The first kappa shape index (κ1) is 14.1. The maximum atomic E-state index is 12.4. The SMILES string of the molecule is Cn1ccc(NC(=O)Cc2ccc(C(F)(F)F)cc2)n1. The van der Waals surface area contributed by atoms with Crippen LogP contribution in [0.4, 0.5) is 19.0 Å². The molecule has 20 heavy (non-hydrogen) atoms. The Morgan fingerprint density at radius 1 is 1.25 bits per heavy atom. The second-order valence-corrected chi connectivity index (χ2v) is 4.29. The number of nitrogens with one attached hydrogen (secondary N) is 1. The van der Waals surface area contributed by atoms with Gasteiger partial charge in [-0.3, -0.25) is 9.48 Å². The first-order chi connectivity index (χ1) is 9.34. The van der Waals surface area contributed by atoms with Crippen molar-refractivity contribution in [2.24, 2.45) is 7.05 Å². The van der Waals surface area contributed by atoms with Crippen molar-refractivity contribution in [2.75, 3.05) is 5.32 Å². The number of amides is 1. The summed E-state index contributed by atoms with van der Waals surface area (Å²) in [6, 6.07) is 6.14. The van der Waals surface area contributed by atoms with Gasteiger partial charge in [0, 0.05) is 19.3 Å². The normalized spacial score (nSPS) is 11.4. The maximum Gasteiger partial charge on any atom is 0.416 e. The second kappa shape index (κ2) is 5.36. The van der Waals surface area contributed by atoms with Crippen LogP contribution in [0.2, 0.25) is 0 Å². The first-order valence-electron chi connectivity index (χ1n) is 5.80. The Kier molecular flexibility index (Phi) is 3.78. The molecule has 0 saturated heterocycles. The Balaban J connectivity index is 1.98. The Morgan fingerprint density at radius 2 is 1.90 bits per heavy atom. The summed E-state index contributed by atoms with van der Waals surface area (Å²) in [5, 5.41) is 6.54. The summed E-state index contributed by atoms with van der Waals surface area (Å²) in [4.78, 5) is 11.7. The largest absolute Gasteiger partial charge is 0.416 e. The molecule has 1 amide bonds. The minimum absolute atomic E-state index is 0.00525. The molecule has 0 saturated carbocycles. The van der Waals surface area contributed by atoms with Gasteiger partial charge in [-0.25, -0.2) is 0 Å². The highest BCUT2D eigenvalue weighted by atomic mass is 19.4. The van der Waals surface area contributed by atoms with E-state index in [4.69, 9.17) is 0 Å². The molecule has 1 N–H and O–H groups in total. The summed E-state index contributed by atoms with van der Waals surface area (Å²) in [5.74, 6) is 0.0767. The van der Waals surface area contributed by atoms with Gasteiger partial charge in [0.15, 0.2) is 5.82 Å². The van der Waals surface area contributed by atoms with Crippen LogP contribution in [-0.4, -0.2) is 15.7 Å². The fourth-order valence-corrected chi connectivity index (χ4v) is 1.67. The molecule has 1 aromatic heterocycles. The van der Waals surface area contributed by atoms with Crippen molar-refractivity contribution in [1.82, 2.24) is 9.78 Å². The van der Waals surface area contributed by atoms with Crippen molar-refractivity contribution in [3.8, 4) is 0 Å². The lowest BCUT2D eigenvalue weighted by Crippen LogP contribution is -2.15. The molecule has 7 heteroatoms. The molecule has 0 aliphatic carbocycles. The number of carbonyl (C=O) groups is 1. The first-order valence-corrected chi connectivity index (χ1v) is 5.80. The second-order valence-electron chi connectivity index (χ2n) is 4.29. The summed E-state index contributed by atoms with van der Waals surface area (Å²) in [6.07, 6.45) is -2.70. The van der Waals surface area contributed by atoms with Gasteiger partial charge in [-0.15, -0.1) is 0 Å². The van der Waals surface area contributed by atoms with Gasteiger partial charge in [-0.1, -0.05) is 12.1 Å². The monoisotopic (exact) mass is 283 g/mol. The predicted octanol–water partition coefficient (Wildman–Crippen LogP) is 2.62. The van der Waals surface area contributed by atoms with Crippen molar-refractivity contribution >= 4 is 11.7 Å². The summed E-state index contributed by atoms with van der Waals surface area (Å²) < 4.78 is 38.7. The molecule has 0 aliphatic heterocycles. The van der Waals surface area contributed by atoms with E-state index in [-0.39, 0.29) is 12.3 Å². The summed E-state index contributed by atoms with van der Waals surface area (Å²) in [7, 11) is 1.71. The van der Waals surface area contributed by atoms with Crippen molar-refractivity contribution in [3.63, 3.8) is 0 Å². The van der Waals surface area contributed by atoms with Crippen molar-refractivity contribution in [1.29, 1.82) is 0 Å². The highest BCUT2D eigenvalue weighted by molar-refractivity contribution is 5.91. The summed E-state index contributed by atoms with van der Waals surface area (Å²) in [5.41, 5.74) is -0.224. The molecule has 1 aromatic carbocycles. The van der Waals surface area contributed by atoms with E-state index >= 15 is 0 Å². The average Bonchev–Trinajstić information content (AvgIpc) is 2.74. The zero-order valence-electron chi connectivity index (χ0n) is 10.6. The Labute approximate surface area is 113 Å². The molecular formula is C13H12F3N3O. The third-order valence-electron chi connectivity index (χ3n) is 2.63. The number of aryl methyl sites for hydroxylation is 1. The van der Waals surface area contributed by atoms with Gasteiger partial charge in [0.2, 0.25) is 5.91 Å². The zero-order valence-corrected chi connectivity index (χ0v) is 10.6. The van der Waals surface area contributed by atoms with Gasteiger partial charge in [0.05, 0.1) is 12.0 Å². The number of anilines is 1. The topological polar surface area (TPSA) is 46.9 Å². The van der Waals surface area contributed by atoms with E-state index in [1.807, 2.05) is 0 Å². The molecule has 0 aliphatic rings. The van der Waals surface area contributed by atoms with Crippen LogP contribution in [0.1, 0.15) is 11.1 Å². The van der Waals surface area contributed by atoms with Gasteiger partial charge < -0.3 is 5.32 Å². The quantitative estimate of drug-likeness (QED) is 0.941. The molecule has 1 heterocycles. The molecule has 2 rings (SSSR count). The van der Waals surface area contributed by atoms with Crippen molar-refractivity contribution < 1.29 is 18.0 Å². The molecule has 0 fully saturated rings. The minimum atomic E-state index is -4.37. The number of alkyl halides is 3. The lowest BCUT2D eigenvalue weighted by Gasteiger charge is -2.07. The molecule has 0 unspecified atom stereocenters. The van der Waals surface area contributed by atoms with E-state index in [1.165, 1.54) is 16.8 Å². The van der Waals surface area contributed by atoms with Crippen LogP contribution in [0.25, 0.3) is 0 Å². The van der Waals surface area contributed by atoms with Crippen LogP contribution >= 0.6 is 0 Å². The standard InChI is InChI=1S/C13H12F3N3O/c1-19-7-6-11(18-19)17-12(20)8-9-2-4-10(5-3-9)13(14,15)16/h2-7H,8H2,1H3,(H,17,18,20). The lowest BCUT2D eigenvalue weighted by molar-refractivity contribution is -0.137. The number of aromatic nitrogens is 2. The number of benzene rings is 1. The van der Waals surface area contributed by atoms with E-state index in [2.05, 4.69) is 10.4 Å². The fraction of sp³-hybridized carbons (Fsp3) is 0.231. The van der Waals surface area contributed by atoms with Crippen LogP contribution < -0.4 is 5.32 Å². The third-order valence-corrected chi connectivity index (χ3v) is 2.63. The number of carbonyl (C=O) groups excluding carboxylic acids is 1. The number of nitrogens with zero attached hydrogens (tertiary/aromatic N) is 2. The molecular weight excluding hydrogens is 271 g/mol. The Bertz CT molecular complexity index is 602. The fourth-order valence-electron chi connectivity index (χ4n) is 1.67. The third kappa shape index (κ3) is 3.59. The van der Waals surface area contributed by atoms with Crippen LogP contribution in [0.5, 0.6) is 0 Å². The smallest absolute Gasteiger partial charge is 0.309 e. The van der Waals surface area contributed by atoms with E-state index < -0.39 is 11.7 Å². The number of hydrogen-bond acceptors (Lipinski definition) is 2. The van der Waals surface area contributed by atoms with Crippen LogP contribution in [0, 0.1) is 0 Å². The average molecular weight is 283 g/mol. The van der Waals surface area contributed by atoms with Gasteiger partial charge in [-0.05, 0) is 17.7 Å². The minimum Gasteiger partial charge on any atom is -0.309 e. The van der Waals surface area contributed by atoms with Gasteiger partial charge >= 0.3 is 6.18 Å². The highest BCUT2D eigenvalue weighted by Gasteiger charge is 2.29. The van der Waals surface area contributed by atoms with Gasteiger partial charge in [0.25, 0.3) is 0 Å². The van der Waals surface area contributed by atoms with Gasteiger partial charge in [-0.2, -0.15) is 18.3 Å². The van der Waals surface area contributed by atoms with E-state index in [9.17, 15) is 18.0 Å². The number of hydrogen-bond donors (Lipinski definition) is 1. The summed E-state index contributed by atoms with van der Waals surface area (Å²) in [6.45, 7) is 0. The van der Waals surface area contributed by atoms with Gasteiger partial charge in [0.1, 0.15) is 0 Å².